The fourth-order valence-electron chi connectivity index (χ4n) is 3.10. The SMILES string of the molecule is O=C(C=Cc1cnccn1)NC1CCC(c2ccccc2)CC1. The number of benzene rings is 1. The molecular formula is C19H21N3O. The summed E-state index contributed by atoms with van der Waals surface area (Å²) in [5.41, 5.74) is 2.11. The molecule has 1 heterocycles. The van der Waals surface area contributed by atoms with Crippen LogP contribution >= 0.6 is 0 Å². The van der Waals surface area contributed by atoms with E-state index in [1.54, 1.807) is 24.7 Å². The molecule has 118 valence electrons. The maximum Gasteiger partial charge on any atom is 0.244 e. The Labute approximate surface area is 136 Å². The molecule has 1 fully saturated rings. The maximum atomic E-state index is 12.0. The van der Waals surface area contributed by atoms with Crippen LogP contribution in [0, 0.1) is 0 Å². The fourth-order valence-corrected chi connectivity index (χ4v) is 3.10. The minimum absolute atomic E-state index is 0.0567. The molecule has 0 aliphatic heterocycles. The monoisotopic (exact) mass is 307 g/mol. The number of nitrogens with one attached hydrogen (secondary N) is 1. The summed E-state index contributed by atoms with van der Waals surface area (Å²) in [5, 5.41) is 3.09. The largest absolute Gasteiger partial charge is 0.350 e. The Balaban J connectivity index is 1.47. The Hall–Kier alpha value is -2.49. The molecule has 4 nitrogen and oxygen atoms in total. The van der Waals surface area contributed by atoms with Gasteiger partial charge in [0, 0.05) is 24.5 Å². The van der Waals surface area contributed by atoms with Gasteiger partial charge in [-0.2, -0.15) is 0 Å². The molecule has 0 saturated heterocycles. The van der Waals surface area contributed by atoms with Gasteiger partial charge in [0.25, 0.3) is 0 Å². The van der Waals surface area contributed by atoms with Gasteiger partial charge in [0.05, 0.1) is 11.9 Å². The minimum atomic E-state index is -0.0567. The molecule has 0 radical (unpaired) electrons. The summed E-state index contributed by atoms with van der Waals surface area (Å²) in [6.07, 6.45) is 12.4. The second-order valence-electron chi connectivity index (χ2n) is 5.93. The lowest BCUT2D eigenvalue weighted by atomic mass is 9.82. The quantitative estimate of drug-likeness (QED) is 0.882. The average molecular weight is 307 g/mol. The van der Waals surface area contributed by atoms with Gasteiger partial charge in [-0.05, 0) is 43.2 Å². The van der Waals surface area contributed by atoms with Crippen molar-refractivity contribution in [3.63, 3.8) is 0 Å². The molecule has 0 unspecified atom stereocenters. The first-order chi connectivity index (χ1) is 11.3. The first-order valence-electron chi connectivity index (χ1n) is 8.11. The summed E-state index contributed by atoms with van der Waals surface area (Å²) in [4.78, 5) is 20.1. The molecule has 1 aromatic carbocycles. The number of aromatic nitrogens is 2. The highest BCUT2D eigenvalue weighted by atomic mass is 16.1. The maximum absolute atomic E-state index is 12.0. The molecule has 1 amide bonds. The molecule has 23 heavy (non-hydrogen) atoms. The smallest absolute Gasteiger partial charge is 0.244 e. The van der Waals surface area contributed by atoms with Crippen molar-refractivity contribution in [1.82, 2.24) is 15.3 Å². The number of hydrogen-bond acceptors (Lipinski definition) is 3. The van der Waals surface area contributed by atoms with Crippen molar-refractivity contribution < 1.29 is 4.79 Å². The van der Waals surface area contributed by atoms with Crippen molar-refractivity contribution in [3.05, 3.63) is 66.3 Å². The summed E-state index contributed by atoms with van der Waals surface area (Å²) in [6.45, 7) is 0. The number of amides is 1. The van der Waals surface area contributed by atoms with Gasteiger partial charge in [0.2, 0.25) is 5.91 Å². The van der Waals surface area contributed by atoms with Gasteiger partial charge >= 0.3 is 0 Å². The summed E-state index contributed by atoms with van der Waals surface area (Å²) < 4.78 is 0. The average Bonchev–Trinajstić information content (AvgIpc) is 2.62. The Morgan fingerprint density at radius 2 is 1.87 bits per heavy atom. The lowest BCUT2D eigenvalue weighted by Crippen LogP contribution is -2.36. The van der Waals surface area contributed by atoms with Crippen molar-refractivity contribution in [2.24, 2.45) is 0 Å². The summed E-state index contributed by atoms with van der Waals surface area (Å²) in [5.74, 6) is 0.568. The van der Waals surface area contributed by atoms with E-state index >= 15 is 0 Å². The lowest BCUT2D eigenvalue weighted by Gasteiger charge is -2.29. The third-order valence-electron chi connectivity index (χ3n) is 4.33. The summed E-state index contributed by atoms with van der Waals surface area (Å²) >= 11 is 0. The van der Waals surface area contributed by atoms with Gasteiger partial charge in [-0.25, -0.2) is 0 Å². The number of nitrogens with zero attached hydrogens (tertiary/aromatic N) is 2. The molecule has 1 N–H and O–H groups in total. The van der Waals surface area contributed by atoms with Gasteiger partial charge in [-0.1, -0.05) is 30.3 Å². The van der Waals surface area contributed by atoms with Crippen LogP contribution in [0.2, 0.25) is 0 Å². The molecule has 1 aliphatic carbocycles. The van der Waals surface area contributed by atoms with E-state index in [9.17, 15) is 4.79 Å². The molecule has 0 spiro atoms. The van der Waals surface area contributed by atoms with Gasteiger partial charge in [-0.15, -0.1) is 0 Å². The number of rotatable bonds is 4. The molecule has 0 bridgehead atoms. The van der Waals surface area contributed by atoms with Crippen molar-refractivity contribution in [1.29, 1.82) is 0 Å². The highest BCUT2D eigenvalue weighted by Crippen LogP contribution is 2.32. The van der Waals surface area contributed by atoms with Crippen molar-refractivity contribution >= 4 is 12.0 Å². The zero-order valence-corrected chi connectivity index (χ0v) is 13.1. The Morgan fingerprint density at radius 1 is 1.09 bits per heavy atom. The van der Waals surface area contributed by atoms with Crippen molar-refractivity contribution in [2.45, 2.75) is 37.6 Å². The van der Waals surface area contributed by atoms with E-state index in [0.29, 0.717) is 11.6 Å². The zero-order valence-electron chi connectivity index (χ0n) is 13.1. The zero-order chi connectivity index (χ0) is 15.9. The van der Waals surface area contributed by atoms with Crippen LogP contribution in [-0.2, 0) is 4.79 Å². The Bertz CT molecular complexity index is 647. The Morgan fingerprint density at radius 3 is 2.57 bits per heavy atom. The van der Waals surface area contributed by atoms with E-state index in [-0.39, 0.29) is 11.9 Å². The van der Waals surface area contributed by atoms with E-state index in [0.717, 1.165) is 25.7 Å². The summed E-state index contributed by atoms with van der Waals surface area (Å²) in [7, 11) is 0. The van der Waals surface area contributed by atoms with E-state index in [2.05, 4.69) is 45.6 Å². The third-order valence-corrected chi connectivity index (χ3v) is 4.33. The second kappa shape index (κ2) is 7.68. The number of hydrogen-bond donors (Lipinski definition) is 1. The molecular weight excluding hydrogens is 286 g/mol. The summed E-state index contributed by atoms with van der Waals surface area (Å²) in [6, 6.07) is 10.9. The normalized spacial score (nSPS) is 21.2. The molecule has 1 aromatic heterocycles. The van der Waals surface area contributed by atoms with Crippen LogP contribution in [0.1, 0.15) is 42.9 Å². The van der Waals surface area contributed by atoms with Crippen LogP contribution in [0.15, 0.2) is 55.0 Å². The van der Waals surface area contributed by atoms with Crippen LogP contribution in [0.25, 0.3) is 6.08 Å². The third kappa shape index (κ3) is 4.49. The molecule has 0 atom stereocenters. The highest BCUT2D eigenvalue weighted by Gasteiger charge is 2.22. The van der Waals surface area contributed by atoms with Gasteiger partial charge in [0.1, 0.15) is 0 Å². The van der Waals surface area contributed by atoms with E-state index in [1.165, 1.54) is 11.6 Å². The second-order valence-corrected chi connectivity index (χ2v) is 5.93. The van der Waals surface area contributed by atoms with Crippen LogP contribution in [0.4, 0.5) is 0 Å². The molecule has 1 aliphatic rings. The van der Waals surface area contributed by atoms with Gasteiger partial charge < -0.3 is 5.32 Å². The number of carbonyl (C=O) groups is 1. The fraction of sp³-hybridized carbons (Fsp3) is 0.316. The Kier molecular flexibility index (Phi) is 5.14. The molecule has 3 rings (SSSR count). The van der Waals surface area contributed by atoms with Gasteiger partial charge in [0.15, 0.2) is 0 Å². The van der Waals surface area contributed by atoms with Crippen LogP contribution in [-0.4, -0.2) is 21.9 Å². The standard InChI is InChI=1S/C19H21N3O/c23-19(11-10-18-14-20-12-13-21-18)22-17-8-6-16(7-9-17)15-4-2-1-3-5-15/h1-5,10-14,16-17H,6-9H2,(H,22,23). The van der Waals surface area contributed by atoms with Crippen LogP contribution in [0.3, 0.4) is 0 Å². The predicted octanol–water partition coefficient (Wildman–Crippen LogP) is 3.33. The van der Waals surface area contributed by atoms with Gasteiger partial charge in [-0.3, -0.25) is 14.8 Å². The van der Waals surface area contributed by atoms with Crippen molar-refractivity contribution in [3.8, 4) is 0 Å². The highest BCUT2D eigenvalue weighted by molar-refractivity contribution is 5.91. The lowest BCUT2D eigenvalue weighted by molar-refractivity contribution is -0.117. The number of carbonyl (C=O) groups excluding carboxylic acids is 1. The minimum Gasteiger partial charge on any atom is -0.350 e. The van der Waals surface area contributed by atoms with Crippen LogP contribution in [0.5, 0.6) is 0 Å². The van der Waals surface area contributed by atoms with Crippen molar-refractivity contribution in [2.75, 3.05) is 0 Å². The molecule has 2 aromatic rings. The topological polar surface area (TPSA) is 54.9 Å². The predicted molar refractivity (Wildman–Crippen MR) is 90.6 cm³/mol. The van der Waals surface area contributed by atoms with E-state index in [4.69, 9.17) is 0 Å². The van der Waals surface area contributed by atoms with Crippen LogP contribution < -0.4 is 5.32 Å². The van der Waals surface area contributed by atoms with E-state index in [1.807, 2.05) is 0 Å². The first-order valence-corrected chi connectivity index (χ1v) is 8.11. The molecule has 1 saturated carbocycles. The first kappa shape index (κ1) is 15.4. The molecule has 4 heteroatoms. The van der Waals surface area contributed by atoms with E-state index < -0.39 is 0 Å².